The van der Waals surface area contributed by atoms with Crippen molar-refractivity contribution in [3.63, 3.8) is 0 Å². The van der Waals surface area contributed by atoms with E-state index in [4.69, 9.17) is 4.74 Å². The SMILES string of the molecule is COC(=O)CCCNC(=O)/C=C/c1cc(Br)ccc1OC. The van der Waals surface area contributed by atoms with E-state index in [1.165, 1.54) is 13.2 Å². The first kappa shape index (κ1) is 17.2. The Kier molecular flexibility index (Phi) is 7.53. The fourth-order valence-corrected chi connectivity index (χ4v) is 1.99. The summed E-state index contributed by atoms with van der Waals surface area (Å²) in [7, 11) is 2.92. The molecule has 0 atom stereocenters. The van der Waals surface area contributed by atoms with E-state index in [9.17, 15) is 9.59 Å². The number of methoxy groups -OCH3 is 2. The molecular weight excluding hydrogens is 338 g/mol. The molecule has 0 aliphatic heterocycles. The Morgan fingerprint density at radius 2 is 2.10 bits per heavy atom. The molecule has 1 aromatic carbocycles. The largest absolute Gasteiger partial charge is 0.496 e. The average Bonchev–Trinajstić information content (AvgIpc) is 2.49. The summed E-state index contributed by atoms with van der Waals surface area (Å²) in [5.74, 6) is 0.188. The molecule has 1 rings (SSSR count). The highest BCUT2D eigenvalue weighted by Gasteiger charge is 2.02. The van der Waals surface area contributed by atoms with Gasteiger partial charge in [-0.3, -0.25) is 9.59 Å². The van der Waals surface area contributed by atoms with Crippen LogP contribution in [0.2, 0.25) is 0 Å². The van der Waals surface area contributed by atoms with E-state index in [-0.39, 0.29) is 11.9 Å². The minimum absolute atomic E-state index is 0.220. The lowest BCUT2D eigenvalue weighted by Gasteiger charge is -2.05. The first-order valence-electron chi connectivity index (χ1n) is 6.43. The van der Waals surface area contributed by atoms with Crippen LogP contribution in [0.25, 0.3) is 6.08 Å². The van der Waals surface area contributed by atoms with Gasteiger partial charge in [0.1, 0.15) is 5.75 Å². The van der Waals surface area contributed by atoms with Crippen molar-refractivity contribution in [2.45, 2.75) is 12.8 Å². The Morgan fingerprint density at radius 1 is 1.33 bits per heavy atom. The van der Waals surface area contributed by atoms with Crippen molar-refractivity contribution in [1.82, 2.24) is 5.32 Å². The molecule has 0 aliphatic carbocycles. The van der Waals surface area contributed by atoms with Crippen molar-refractivity contribution in [2.24, 2.45) is 0 Å². The van der Waals surface area contributed by atoms with E-state index in [1.807, 2.05) is 18.2 Å². The van der Waals surface area contributed by atoms with Crippen LogP contribution in [0.5, 0.6) is 5.75 Å². The van der Waals surface area contributed by atoms with Crippen molar-refractivity contribution in [3.05, 3.63) is 34.3 Å². The molecule has 0 spiro atoms. The Hall–Kier alpha value is -1.82. The number of hydrogen-bond donors (Lipinski definition) is 1. The Labute approximate surface area is 132 Å². The number of halogens is 1. The predicted octanol–water partition coefficient (Wildman–Crippen LogP) is 2.54. The maximum Gasteiger partial charge on any atom is 0.305 e. The summed E-state index contributed by atoms with van der Waals surface area (Å²) in [6.45, 7) is 0.424. The standard InChI is InChI=1S/C15H18BrNO4/c1-20-13-7-6-12(16)10-11(13)5-8-14(18)17-9-3-4-15(19)21-2/h5-8,10H,3-4,9H2,1-2H3,(H,17,18)/b8-5+. The second-order valence-corrected chi connectivity index (χ2v) is 5.11. The van der Waals surface area contributed by atoms with Gasteiger partial charge in [-0.25, -0.2) is 0 Å². The van der Waals surface area contributed by atoms with Gasteiger partial charge in [0.25, 0.3) is 0 Å². The molecular formula is C15H18BrNO4. The Balaban J connectivity index is 2.47. The summed E-state index contributed by atoms with van der Waals surface area (Å²) >= 11 is 3.37. The summed E-state index contributed by atoms with van der Waals surface area (Å²) in [4.78, 5) is 22.6. The van der Waals surface area contributed by atoms with E-state index >= 15 is 0 Å². The van der Waals surface area contributed by atoms with Crippen molar-refractivity contribution in [3.8, 4) is 5.75 Å². The Bertz CT molecular complexity index is 528. The van der Waals surface area contributed by atoms with E-state index in [0.29, 0.717) is 25.1 Å². The van der Waals surface area contributed by atoms with Crippen LogP contribution in [0.4, 0.5) is 0 Å². The molecule has 0 radical (unpaired) electrons. The van der Waals surface area contributed by atoms with Crippen LogP contribution >= 0.6 is 15.9 Å². The maximum absolute atomic E-state index is 11.6. The fourth-order valence-electron chi connectivity index (χ4n) is 1.61. The van der Waals surface area contributed by atoms with Crippen molar-refractivity contribution in [2.75, 3.05) is 20.8 Å². The number of esters is 1. The Morgan fingerprint density at radius 3 is 2.76 bits per heavy atom. The van der Waals surface area contributed by atoms with Gasteiger partial charge in [0, 0.05) is 29.1 Å². The first-order chi connectivity index (χ1) is 10.1. The molecule has 0 aliphatic rings. The second-order valence-electron chi connectivity index (χ2n) is 4.19. The molecule has 114 valence electrons. The topological polar surface area (TPSA) is 64.6 Å². The van der Waals surface area contributed by atoms with E-state index in [0.717, 1.165) is 10.0 Å². The monoisotopic (exact) mass is 355 g/mol. The normalized spacial score (nSPS) is 10.4. The molecule has 0 aromatic heterocycles. The number of carbonyl (C=O) groups is 2. The molecule has 0 fully saturated rings. The van der Waals surface area contributed by atoms with Crippen LogP contribution in [0.1, 0.15) is 18.4 Å². The van der Waals surface area contributed by atoms with E-state index < -0.39 is 0 Å². The molecule has 0 unspecified atom stereocenters. The van der Waals surface area contributed by atoms with Crippen LogP contribution < -0.4 is 10.1 Å². The van der Waals surface area contributed by atoms with Gasteiger partial charge in [0.15, 0.2) is 0 Å². The van der Waals surface area contributed by atoms with Gasteiger partial charge in [0.05, 0.1) is 14.2 Å². The summed E-state index contributed by atoms with van der Waals surface area (Å²) in [6.07, 6.45) is 3.95. The lowest BCUT2D eigenvalue weighted by atomic mass is 10.2. The van der Waals surface area contributed by atoms with Gasteiger partial charge in [-0.2, -0.15) is 0 Å². The summed E-state index contributed by atoms with van der Waals surface area (Å²) in [5.41, 5.74) is 0.802. The smallest absolute Gasteiger partial charge is 0.305 e. The maximum atomic E-state index is 11.6. The van der Waals surface area contributed by atoms with Gasteiger partial charge in [-0.1, -0.05) is 15.9 Å². The quantitative estimate of drug-likeness (QED) is 0.463. The third-order valence-electron chi connectivity index (χ3n) is 2.69. The summed E-state index contributed by atoms with van der Waals surface area (Å²) in [5, 5.41) is 2.70. The number of carbonyl (C=O) groups excluding carboxylic acids is 2. The lowest BCUT2D eigenvalue weighted by Crippen LogP contribution is -2.22. The highest BCUT2D eigenvalue weighted by atomic mass is 79.9. The minimum Gasteiger partial charge on any atom is -0.496 e. The third kappa shape index (κ3) is 6.44. The number of hydrogen-bond acceptors (Lipinski definition) is 4. The minimum atomic E-state index is -0.279. The van der Waals surface area contributed by atoms with Gasteiger partial charge < -0.3 is 14.8 Å². The molecule has 0 heterocycles. The van der Waals surface area contributed by atoms with E-state index in [2.05, 4.69) is 26.0 Å². The lowest BCUT2D eigenvalue weighted by molar-refractivity contribution is -0.140. The number of amides is 1. The molecule has 0 saturated heterocycles. The molecule has 1 amide bonds. The van der Waals surface area contributed by atoms with Crippen LogP contribution in [0.3, 0.4) is 0 Å². The van der Waals surface area contributed by atoms with Crippen molar-refractivity contribution < 1.29 is 19.1 Å². The molecule has 5 nitrogen and oxygen atoms in total. The predicted molar refractivity (Wildman–Crippen MR) is 84.0 cm³/mol. The zero-order valence-corrected chi connectivity index (χ0v) is 13.6. The highest BCUT2D eigenvalue weighted by molar-refractivity contribution is 9.10. The highest BCUT2D eigenvalue weighted by Crippen LogP contribution is 2.23. The summed E-state index contributed by atoms with van der Waals surface area (Å²) in [6, 6.07) is 5.54. The number of ether oxygens (including phenoxy) is 2. The molecule has 0 bridgehead atoms. The van der Waals surface area contributed by atoms with Crippen molar-refractivity contribution >= 4 is 33.9 Å². The van der Waals surface area contributed by atoms with Crippen LogP contribution in [0, 0.1) is 0 Å². The number of nitrogens with one attached hydrogen (secondary N) is 1. The van der Waals surface area contributed by atoms with Crippen LogP contribution in [0.15, 0.2) is 28.7 Å². The van der Waals surface area contributed by atoms with Gasteiger partial charge in [-0.05, 0) is 30.7 Å². The van der Waals surface area contributed by atoms with Crippen molar-refractivity contribution in [1.29, 1.82) is 0 Å². The van der Waals surface area contributed by atoms with Crippen LogP contribution in [-0.2, 0) is 14.3 Å². The van der Waals surface area contributed by atoms with Gasteiger partial charge in [0.2, 0.25) is 5.91 Å². The second kappa shape index (κ2) is 9.18. The zero-order valence-electron chi connectivity index (χ0n) is 12.0. The zero-order chi connectivity index (χ0) is 15.7. The molecule has 0 saturated carbocycles. The fraction of sp³-hybridized carbons (Fsp3) is 0.333. The average molecular weight is 356 g/mol. The first-order valence-corrected chi connectivity index (χ1v) is 7.22. The van der Waals surface area contributed by atoms with E-state index in [1.54, 1.807) is 13.2 Å². The number of rotatable bonds is 7. The third-order valence-corrected chi connectivity index (χ3v) is 3.18. The van der Waals surface area contributed by atoms with Crippen LogP contribution in [-0.4, -0.2) is 32.6 Å². The molecule has 1 N–H and O–H groups in total. The van der Waals surface area contributed by atoms with Gasteiger partial charge >= 0.3 is 5.97 Å². The van der Waals surface area contributed by atoms with Gasteiger partial charge in [-0.15, -0.1) is 0 Å². The molecule has 1 aromatic rings. The summed E-state index contributed by atoms with van der Waals surface area (Å²) < 4.78 is 10.6. The molecule has 21 heavy (non-hydrogen) atoms. The number of benzene rings is 1. The molecule has 6 heteroatoms.